The highest BCUT2D eigenvalue weighted by molar-refractivity contribution is 5.82. The topological polar surface area (TPSA) is 98.5 Å². The number of amides is 2. The van der Waals surface area contributed by atoms with E-state index in [1.807, 2.05) is 0 Å². The third kappa shape index (κ3) is 17.8. The van der Waals surface area contributed by atoms with Crippen molar-refractivity contribution in [2.45, 2.75) is 116 Å². The number of nitrogens with two attached hydrogens (primary N) is 1. The number of hydrogen-bond donors (Lipinski definition) is 2. The second-order valence-electron chi connectivity index (χ2n) is 7.62. The van der Waals surface area contributed by atoms with Gasteiger partial charge in [-0.3, -0.25) is 14.4 Å². The highest BCUT2D eigenvalue weighted by Crippen LogP contribution is 2.13. The van der Waals surface area contributed by atoms with E-state index in [1.165, 1.54) is 77.0 Å². The van der Waals surface area contributed by atoms with Gasteiger partial charge in [0, 0.05) is 6.42 Å². The van der Waals surface area contributed by atoms with Crippen molar-refractivity contribution >= 4 is 18.3 Å². The maximum atomic E-state index is 11.6. The van der Waals surface area contributed by atoms with Gasteiger partial charge >= 0.3 is 5.97 Å². The molecule has 1 atom stereocenters. The lowest BCUT2D eigenvalue weighted by Gasteiger charge is -2.12. The van der Waals surface area contributed by atoms with Crippen LogP contribution in [0.3, 0.4) is 0 Å². The van der Waals surface area contributed by atoms with Crippen molar-refractivity contribution in [1.82, 2.24) is 5.32 Å². The quantitative estimate of drug-likeness (QED) is 0.170. The summed E-state index contributed by atoms with van der Waals surface area (Å²) in [6, 6.07) is -0.956. The molecule has 164 valence electrons. The van der Waals surface area contributed by atoms with Gasteiger partial charge < -0.3 is 15.8 Å². The molecule has 0 aliphatic heterocycles. The van der Waals surface area contributed by atoms with Gasteiger partial charge in [0.25, 0.3) is 0 Å². The fourth-order valence-corrected chi connectivity index (χ4v) is 3.18. The fraction of sp³-hybridized carbons (Fsp3) is 0.864. The Bertz CT molecular complexity index is 402. The smallest absolute Gasteiger partial charge is 0.305 e. The third-order valence-electron chi connectivity index (χ3n) is 5.01. The lowest BCUT2D eigenvalue weighted by Crippen LogP contribution is -2.44. The van der Waals surface area contributed by atoms with E-state index in [0.29, 0.717) is 12.8 Å². The van der Waals surface area contributed by atoms with Gasteiger partial charge in [0.2, 0.25) is 12.3 Å². The Hall–Kier alpha value is -1.59. The highest BCUT2D eigenvalue weighted by atomic mass is 16.5. The first kappa shape index (κ1) is 26.4. The Morgan fingerprint density at radius 2 is 1.25 bits per heavy atom. The second kappa shape index (κ2) is 20.2. The lowest BCUT2D eigenvalue weighted by atomic mass is 10.0. The minimum atomic E-state index is -0.956. The highest BCUT2D eigenvalue weighted by Gasteiger charge is 2.16. The minimum absolute atomic E-state index is 0.203. The van der Waals surface area contributed by atoms with Crippen molar-refractivity contribution in [2.24, 2.45) is 5.73 Å². The van der Waals surface area contributed by atoms with Crippen LogP contribution in [0, 0.1) is 0 Å². The summed E-state index contributed by atoms with van der Waals surface area (Å²) >= 11 is 0. The summed E-state index contributed by atoms with van der Waals surface area (Å²) in [4.78, 5) is 33.0. The van der Waals surface area contributed by atoms with Gasteiger partial charge in [-0.2, -0.15) is 0 Å². The van der Waals surface area contributed by atoms with Gasteiger partial charge in [0.05, 0.1) is 0 Å². The van der Waals surface area contributed by atoms with E-state index in [1.54, 1.807) is 0 Å². The molecule has 3 N–H and O–H groups in total. The fourth-order valence-electron chi connectivity index (χ4n) is 3.18. The molecule has 28 heavy (non-hydrogen) atoms. The van der Waals surface area contributed by atoms with Crippen molar-refractivity contribution in [3.8, 4) is 0 Å². The number of nitrogens with one attached hydrogen (secondary N) is 1. The molecule has 0 aromatic heterocycles. The average molecular weight is 399 g/mol. The van der Waals surface area contributed by atoms with Crippen molar-refractivity contribution in [2.75, 3.05) is 6.61 Å². The van der Waals surface area contributed by atoms with Gasteiger partial charge in [-0.15, -0.1) is 0 Å². The SMILES string of the molecule is CCCCCCCCCCCCCCCCCC(=O)OCC(NC=O)C(N)=O. The summed E-state index contributed by atoms with van der Waals surface area (Å²) in [5, 5.41) is 2.23. The van der Waals surface area contributed by atoms with E-state index >= 15 is 0 Å². The largest absolute Gasteiger partial charge is 0.463 e. The van der Waals surface area contributed by atoms with E-state index in [0.717, 1.165) is 19.3 Å². The van der Waals surface area contributed by atoms with Crippen LogP contribution in [-0.2, 0) is 19.1 Å². The van der Waals surface area contributed by atoms with Crippen LogP contribution in [-0.4, -0.2) is 30.9 Å². The normalized spacial score (nSPS) is 11.8. The van der Waals surface area contributed by atoms with Crippen molar-refractivity contribution in [1.29, 1.82) is 0 Å². The molecule has 0 bridgehead atoms. The summed E-state index contributed by atoms with van der Waals surface area (Å²) < 4.78 is 4.98. The van der Waals surface area contributed by atoms with Crippen LogP contribution < -0.4 is 11.1 Å². The van der Waals surface area contributed by atoms with Crippen LogP contribution in [0.4, 0.5) is 0 Å². The predicted octanol–water partition coefficient (Wildman–Crippen LogP) is 4.39. The molecular weight excluding hydrogens is 356 g/mol. The van der Waals surface area contributed by atoms with Crippen LogP contribution in [0.15, 0.2) is 0 Å². The molecule has 0 fully saturated rings. The Morgan fingerprint density at radius 3 is 1.64 bits per heavy atom. The second-order valence-corrected chi connectivity index (χ2v) is 7.62. The molecule has 0 rings (SSSR count). The number of unbranched alkanes of at least 4 members (excludes halogenated alkanes) is 14. The average Bonchev–Trinajstić information content (AvgIpc) is 2.67. The Kier molecular flexibility index (Phi) is 19.0. The molecule has 0 aliphatic carbocycles. The molecule has 0 aromatic rings. The van der Waals surface area contributed by atoms with Gasteiger partial charge in [-0.25, -0.2) is 0 Å². The van der Waals surface area contributed by atoms with Crippen LogP contribution in [0.5, 0.6) is 0 Å². The first-order valence-corrected chi connectivity index (χ1v) is 11.3. The maximum absolute atomic E-state index is 11.6. The number of esters is 1. The maximum Gasteiger partial charge on any atom is 0.305 e. The van der Waals surface area contributed by atoms with Crippen LogP contribution >= 0.6 is 0 Å². The molecule has 0 heterocycles. The molecule has 6 heteroatoms. The predicted molar refractivity (Wildman–Crippen MR) is 113 cm³/mol. The molecule has 0 saturated carbocycles. The molecule has 0 radical (unpaired) electrons. The number of hydrogen-bond acceptors (Lipinski definition) is 4. The number of rotatable bonds is 21. The summed E-state index contributed by atoms with van der Waals surface area (Å²) in [5.41, 5.74) is 5.09. The molecule has 6 nitrogen and oxygen atoms in total. The summed E-state index contributed by atoms with van der Waals surface area (Å²) in [5.74, 6) is -1.07. The summed E-state index contributed by atoms with van der Waals surface area (Å²) in [6.07, 6.45) is 19.9. The minimum Gasteiger partial charge on any atom is -0.463 e. The zero-order valence-electron chi connectivity index (χ0n) is 17.9. The molecule has 0 saturated heterocycles. The molecular formula is C22H42N2O4. The number of carbonyl (C=O) groups excluding carboxylic acids is 3. The lowest BCUT2D eigenvalue weighted by molar-refractivity contribution is -0.145. The van der Waals surface area contributed by atoms with Gasteiger partial charge in [0.1, 0.15) is 12.6 Å². The van der Waals surface area contributed by atoms with E-state index in [9.17, 15) is 14.4 Å². The molecule has 1 unspecified atom stereocenters. The monoisotopic (exact) mass is 398 g/mol. The van der Waals surface area contributed by atoms with Crippen molar-refractivity contribution in [3.05, 3.63) is 0 Å². The third-order valence-corrected chi connectivity index (χ3v) is 5.01. The van der Waals surface area contributed by atoms with Crippen LogP contribution in [0.25, 0.3) is 0 Å². The summed E-state index contributed by atoms with van der Waals surface area (Å²) in [7, 11) is 0. The van der Waals surface area contributed by atoms with E-state index < -0.39 is 11.9 Å². The Labute approximate surface area is 171 Å². The summed E-state index contributed by atoms with van der Waals surface area (Å²) in [6.45, 7) is 2.05. The zero-order valence-corrected chi connectivity index (χ0v) is 17.9. The molecule has 0 aromatic carbocycles. The van der Waals surface area contributed by atoms with Gasteiger partial charge in [0.15, 0.2) is 0 Å². The molecule has 0 aliphatic rings. The number of primary amides is 1. The van der Waals surface area contributed by atoms with Crippen LogP contribution in [0.2, 0.25) is 0 Å². The van der Waals surface area contributed by atoms with Gasteiger partial charge in [-0.1, -0.05) is 96.8 Å². The number of ether oxygens (including phenoxy) is 1. The van der Waals surface area contributed by atoms with Gasteiger partial charge in [-0.05, 0) is 6.42 Å². The first-order chi connectivity index (χ1) is 13.6. The standard InChI is InChI=1S/C22H42N2O4/c1-2-3-4-5-6-7-8-9-10-11-12-13-14-15-16-17-21(26)28-18-20(22(23)27)24-19-25/h19-20H,2-18H2,1H3,(H2,23,27)(H,24,25). The van der Waals surface area contributed by atoms with E-state index in [4.69, 9.17) is 10.5 Å². The zero-order chi connectivity index (χ0) is 20.9. The first-order valence-electron chi connectivity index (χ1n) is 11.3. The molecule has 0 spiro atoms. The van der Waals surface area contributed by atoms with Crippen LogP contribution in [0.1, 0.15) is 110 Å². The molecule has 2 amide bonds. The van der Waals surface area contributed by atoms with E-state index in [2.05, 4.69) is 12.2 Å². The Morgan fingerprint density at radius 1 is 0.821 bits per heavy atom. The van der Waals surface area contributed by atoms with E-state index in [-0.39, 0.29) is 12.6 Å². The number of carbonyl (C=O) groups is 3. The van der Waals surface area contributed by atoms with Crippen molar-refractivity contribution in [3.63, 3.8) is 0 Å². The van der Waals surface area contributed by atoms with Crippen molar-refractivity contribution < 1.29 is 19.1 Å². The Balaban J connectivity index is 3.33.